The molecule has 1 amide bonds. The maximum atomic E-state index is 12.0. The Bertz CT molecular complexity index is 536. The molecule has 0 radical (unpaired) electrons. The van der Waals surface area contributed by atoms with Gasteiger partial charge in [-0.25, -0.2) is 0 Å². The van der Waals surface area contributed by atoms with Gasteiger partial charge in [-0.3, -0.25) is 4.79 Å². The highest BCUT2D eigenvalue weighted by Crippen LogP contribution is 2.39. The Morgan fingerprint density at radius 3 is 2.56 bits per heavy atom. The fourth-order valence-electron chi connectivity index (χ4n) is 3.49. The summed E-state index contributed by atoms with van der Waals surface area (Å²) in [6, 6.07) is 7.15. The third-order valence-corrected chi connectivity index (χ3v) is 5.32. The predicted molar refractivity (Wildman–Crippen MR) is 97.4 cm³/mol. The second-order valence-corrected chi connectivity index (χ2v) is 6.73. The molecule has 25 heavy (non-hydrogen) atoms. The highest BCUT2D eigenvalue weighted by atomic mass is 16.7. The standard InChI is InChI=1S/C20H31NO4/c1-3-20(4-2,19-24-14-15-25-19)12-7-13-21-18(23)11-10-16-8-5-6-9-17(16)22/h5-6,8-9,19,22H,3-4,7,10-15H2,1-2H3,(H,21,23). The SMILES string of the molecule is CCC(CC)(CCCNC(=O)CCc1ccccc1O)C1OCCO1. The molecule has 0 spiro atoms. The van der Waals surface area contributed by atoms with Crippen LogP contribution in [0.4, 0.5) is 0 Å². The lowest BCUT2D eigenvalue weighted by Gasteiger charge is -2.36. The minimum absolute atomic E-state index is 0.0233. The van der Waals surface area contributed by atoms with E-state index in [9.17, 15) is 9.90 Å². The Labute approximate surface area is 150 Å². The van der Waals surface area contributed by atoms with Crippen LogP contribution in [0.1, 0.15) is 51.5 Å². The molecule has 0 aromatic heterocycles. The fraction of sp³-hybridized carbons (Fsp3) is 0.650. The number of aromatic hydroxyl groups is 1. The van der Waals surface area contributed by atoms with Crippen molar-refractivity contribution in [3.63, 3.8) is 0 Å². The van der Waals surface area contributed by atoms with Gasteiger partial charge in [0.1, 0.15) is 5.75 Å². The lowest BCUT2D eigenvalue weighted by molar-refractivity contribution is -0.140. The van der Waals surface area contributed by atoms with Crippen molar-refractivity contribution < 1.29 is 19.4 Å². The normalized spacial score (nSPS) is 15.4. The van der Waals surface area contributed by atoms with Gasteiger partial charge >= 0.3 is 0 Å². The number of benzene rings is 1. The van der Waals surface area contributed by atoms with E-state index in [-0.39, 0.29) is 23.4 Å². The fourth-order valence-corrected chi connectivity index (χ4v) is 3.49. The van der Waals surface area contributed by atoms with Crippen LogP contribution in [0, 0.1) is 5.41 Å². The number of rotatable bonds is 10. The summed E-state index contributed by atoms with van der Waals surface area (Å²) in [5.74, 6) is 0.276. The first kappa shape index (κ1) is 19.7. The van der Waals surface area contributed by atoms with Crippen LogP contribution in [0.5, 0.6) is 5.75 Å². The van der Waals surface area contributed by atoms with E-state index in [2.05, 4.69) is 19.2 Å². The van der Waals surface area contributed by atoms with Crippen molar-refractivity contribution in [3.05, 3.63) is 29.8 Å². The number of phenols is 1. The first-order valence-corrected chi connectivity index (χ1v) is 9.38. The Morgan fingerprint density at radius 2 is 1.92 bits per heavy atom. The van der Waals surface area contributed by atoms with Crippen molar-refractivity contribution in [2.45, 2.75) is 58.7 Å². The molecule has 0 saturated carbocycles. The number of hydrogen-bond donors (Lipinski definition) is 2. The van der Waals surface area contributed by atoms with Crippen molar-refractivity contribution in [1.82, 2.24) is 5.32 Å². The van der Waals surface area contributed by atoms with Gasteiger partial charge in [0.25, 0.3) is 0 Å². The van der Waals surface area contributed by atoms with Crippen molar-refractivity contribution in [2.24, 2.45) is 5.41 Å². The summed E-state index contributed by atoms with van der Waals surface area (Å²) in [7, 11) is 0. The zero-order valence-electron chi connectivity index (χ0n) is 15.4. The van der Waals surface area contributed by atoms with Crippen LogP contribution in [0.15, 0.2) is 24.3 Å². The molecule has 0 unspecified atom stereocenters. The van der Waals surface area contributed by atoms with Crippen molar-refractivity contribution >= 4 is 5.91 Å². The van der Waals surface area contributed by atoms with Crippen LogP contribution < -0.4 is 5.32 Å². The van der Waals surface area contributed by atoms with E-state index in [1.165, 1.54) is 0 Å². The minimum Gasteiger partial charge on any atom is -0.508 e. The van der Waals surface area contributed by atoms with Crippen LogP contribution >= 0.6 is 0 Å². The third-order valence-electron chi connectivity index (χ3n) is 5.32. The molecule has 1 aromatic rings. The molecule has 1 saturated heterocycles. The summed E-state index contributed by atoms with van der Waals surface area (Å²) in [6.45, 7) is 6.37. The van der Waals surface area contributed by atoms with Crippen LogP contribution in [-0.4, -0.2) is 37.1 Å². The molecule has 1 fully saturated rings. The van der Waals surface area contributed by atoms with E-state index in [0.717, 1.165) is 31.2 Å². The molecule has 0 aliphatic carbocycles. The second-order valence-electron chi connectivity index (χ2n) is 6.73. The molecule has 2 N–H and O–H groups in total. The Morgan fingerprint density at radius 1 is 1.24 bits per heavy atom. The summed E-state index contributed by atoms with van der Waals surface area (Å²) in [5.41, 5.74) is 0.848. The molecule has 140 valence electrons. The summed E-state index contributed by atoms with van der Waals surface area (Å²) < 4.78 is 11.5. The third kappa shape index (κ3) is 5.44. The molecule has 1 aliphatic heterocycles. The van der Waals surface area contributed by atoms with Gasteiger partial charge in [0.2, 0.25) is 5.91 Å². The van der Waals surface area contributed by atoms with Crippen molar-refractivity contribution in [3.8, 4) is 5.75 Å². The largest absolute Gasteiger partial charge is 0.508 e. The van der Waals surface area contributed by atoms with Crippen molar-refractivity contribution in [2.75, 3.05) is 19.8 Å². The van der Waals surface area contributed by atoms with E-state index < -0.39 is 0 Å². The molecule has 1 aliphatic rings. The van der Waals surface area contributed by atoms with Gasteiger partial charge in [-0.15, -0.1) is 0 Å². The Hall–Kier alpha value is -1.59. The molecule has 2 rings (SSSR count). The first-order chi connectivity index (χ1) is 12.1. The van der Waals surface area contributed by atoms with E-state index in [1.54, 1.807) is 12.1 Å². The van der Waals surface area contributed by atoms with Crippen molar-refractivity contribution in [1.29, 1.82) is 0 Å². The summed E-state index contributed by atoms with van der Waals surface area (Å²) in [4.78, 5) is 12.0. The minimum atomic E-state index is -0.112. The van der Waals surface area contributed by atoms with Gasteiger partial charge in [0, 0.05) is 18.4 Å². The van der Waals surface area contributed by atoms with Crippen LogP contribution in [-0.2, 0) is 20.7 Å². The lowest BCUT2D eigenvalue weighted by Crippen LogP contribution is -2.36. The van der Waals surface area contributed by atoms with Crippen LogP contribution in [0.25, 0.3) is 0 Å². The maximum absolute atomic E-state index is 12.0. The lowest BCUT2D eigenvalue weighted by atomic mass is 9.77. The molecule has 5 nitrogen and oxygen atoms in total. The number of nitrogens with one attached hydrogen (secondary N) is 1. The van der Waals surface area contributed by atoms with Gasteiger partial charge in [-0.05, 0) is 43.7 Å². The number of phenolic OH excluding ortho intramolecular Hbond substituents is 1. The van der Waals surface area contributed by atoms with E-state index in [1.807, 2.05) is 12.1 Å². The Balaban J connectivity index is 1.70. The highest BCUT2D eigenvalue weighted by Gasteiger charge is 2.39. The zero-order chi connectivity index (χ0) is 18.1. The second kappa shape index (κ2) is 9.78. The molecule has 0 bridgehead atoms. The molecular formula is C20H31NO4. The van der Waals surface area contributed by atoms with Gasteiger partial charge in [-0.1, -0.05) is 32.0 Å². The van der Waals surface area contributed by atoms with Gasteiger partial charge < -0.3 is 19.9 Å². The molecule has 1 aromatic carbocycles. The highest BCUT2D eigenvalue weighted by molar-refractivity contribution is 5.76. The first-order valence-electron chi connectivity index (χ1n) is 9.38. The summed E-state index contributed by atoms with van der Waals surface area (Å²) >= 11 is 0. The number of carbonyl (C=O) groups is 1. The quantitative estimate of drug-likeness (QED) is 0.635. The maximum Gasteiger partial charge on any atom is 0.220 e. The average Bonchev–Trinajstić information content (AvgIpc) is 3.17. The van der Waals surface area contributed by atoms with Gasteiger partial charge in [0.15, 0.2) is 6.29 Å². The van der Waals surface area contributed by atoms with Gasteiger partial charge in [-0.2, -0.15) is 0 Å². The number of hydrogen-bond acceptors (Lipinski definition) is 4. The van der Waals surface area contributed by atoms with E-state index in [4.69, 9.17) is 9.47 Å². The molecule has 1 heterocycles. The number of amides is 1. The molecule has 0 atom stereocenters. The topological polar surface area (TPSA) is 67.8 Å². The van der Waals surface area contributed by atoms with E-state index in [0.29, 0.717) is 32.6 Å². The number of carbonyl (C=O) groups excluding carboxylic acids is 1. The molecule has 5 heteroatoms. The smallest absolute Gasteiger partial charge is 0.220 e. The summed E-state index contributed by atoms with van der Waals surface area (Å²) in [6.07, 6.45) is 4.73. The molecular weight excluding hydrogens is 318 g/mol. The average molecular weight is 349 g/mol. The number of aryl methyl sites for hydroxylation is 1. The predicted octanol–water partition coefficient (Wildman–Crippen LogP) is 3.40. The van der Waals surface area contributed by atoms with E-state index >= 15 is 0 Å². The zero-order valence-corrected chi connectivity index (χ0v) is 15.4. The van der Waals surface area contributed by atoms with Crippen LogP contribution in [0.2, 0.25) is 0 Å². The number of ether oxygens (including phenoxy) is 2. The number of para-hydroxylation sites is 1. The van der Waals surface area contributed by atoms with Gasteiger partial charge in [0.05, 0.1) is 13.2 Å². The van der Waals surface area contributed by atoms with Crippen LogP contribution in [0.3, 0.4) is 0 Å². The Kier molecular flexibility index (Phi) is 7.72. The monoisotopic (exact) mass is 349 g/mol. The summed E-state index contributed by atoms with van der Waals surface area (Å²) in [5, 5.41) is 12.7.